The molecule has 0 nitrogen and oxygen atoms in total. The summed E-state index contributed by atoms with van der Waals surface area (Å²) in [5.41, 5.74) is 0. The van der Waals surface area contributed by atoms with Crippen molar-refractivity contribution in [1.29, 1.82) is 0 Å². The smallest absolute Gasteiger partial charge is 0.122 e. The molecular weight excluding hydrogens is 95.8 g/mol. The minimum absolute atomic E-state index is 0. The highest BCUT2D eigenvalue weighted by Gasteiger charge is 1.48. The van der Waals surface area contributed by atoms with Gasteiger partial charge in [0, 0.05) is 5.88 Å². The van der Waals surface area contributed by atoms with Crippen LogP contribution >= 0.6 is 11.6 Å². The van der Waals surface area contributed by atoms with Crippen LogP contribution in [0.15, 0.2) is 6.08 Å². The Morgan fingerprint density at radius 2 is 2.00 bits per heavy atom. The van der Waals surface area contributed by atoms with Crippen molar-refractivity contribution in [1.82, 2.24) is 0 Å². The first-order valence-electron chi connectivity index (χ1n) is 1.01. The molecule has 0 bridgehead atoms. The largest absolute Gasteiger partial charge is 0.316 e. The second-order valence-corrected chi connectivity index (χ2v) is 0.699. The molecule has 0 aliphatic heterocycles. The first-order chi connectivity index (χ1) is 1.91. The predicted octanol–water partition coefficient (Wildman–Crippen LogP) is 0.298. The average molecular weight is 102 g/mol. The van der Waals surface area contributed by atoms with Crippen molar-refractivity contribution < 1.29 is 0 Å². The molecule has 2 heteroatoms. The summed E-state index contributed by atoms with van der Waals surface area (Å²) in [5.74, 6) is 0.444. The van der Waals surface area contributed by atoms with Crippen molar-refractivity contribution in [2.45, 2.75) is 0 Å². The van der Waals surface area contributed by atoms with Gasteiger partial charge in [0.2, 0.25) is 0 Å². The Balaban J connectivity index is 0. The second-order valence-electron chi connectivity index (χ2n) is 0.390. The molecule has 0 atom stereocenters. The molecule has 0 aromatic carbocycles. The van der Waals surface area contributed by atoms with Gasteiger partial charge in [0.05, 0.1) is 0 Å². The van der Waals surface area contributed by atoms with Crippen LogP contribution in [-0.2, 0) is 0 Å². The van der Waals surface area contributed by atoms with E-state index < -0.39 is 0 Å². The third-order valence-corrected chi connectivity index (χ3v) is 0.267. The molecule has 0 aromatic rings. The minimum atomic E-state index is 0. The van der Waals surface area contributed by atoms with Gasteiger partial charge in [0.25, 0.3) is 0 Å². The monoisotopic (exact) mass is 101 g/mol. The Morgan fingerprint density at radius 1 is 1.80 bits per heavy atom. The lowest BCUT2D eigenvalue weighted by molar-refractivity contribution is 1.79. The molecule has 0 heterocycles. The number of allylic oxidation sites excluding steroid dienone is 1. The van der Waals surface area contributed by atoms with Crippen molar-refractivity contribution >= 4 is 34.7 Å². The van der Waals surface area contributed by atoms with E-state index >= 15 is 0 Å². The number of halogens is 1. The lowest BCUT2D eigenvalue weighted by Gasteiger charge is -1.54. The summed E-state index contributed by atoms with van der Waals surface area (Å²) in [5, 5.41) is 0. The molecule has 0 aliphatic rings. The van der Waals surface area contributed by atoms with Crippen molar-refractivity contribution in [3.8, 4) is 0 Å². The van der Waals surface area contributed by atoms with E-state index in [1.54, 1.807) is 0 Å². The number of alkyl halides is 1. The van der Waals surface area contributed by atoms with E-state index in [1.807, 2.05) is 0 Å². The third-order valence-electron chi connectivity index (χ3n) is 0.0891. The molecule has 0 unspecified atom stereocenters. The van der Waals surface area contributed by atoms with Gasteiger partial charge >= 0.3 is 23.1 Å². The lowest BCUT2D eigenvalue weighted by Crippen LogP contribution is -1.45. The molecule has 0 aromatic heterocycles. The van der Waals surface area contributed by atoms with Crippen LogP contribution in [0.3, 0.4) is 0 Å². The number of rotatable bonds is 1. The summed E-state index contributed by atoms with van der Waals surface area (Å²) in [6.45, 7) is 4.77. The zero-order chi connectivity index (χ0) is 3.41. The van der Waals surface area contributed by atoms with Gasteiger partial charge in [-0.3, -0.25) is 0 Å². The normalized spacial score (nSPS) is 5.00. The number of hydrogen-bond acceptors (Lipinski definition) is 0. The Bertz CT molecular complexity index is 20.9. The van der Waals surface area contributed by atoms with E-state index in [9.17, 15) is 0 Å². The summed E-state index contributed by atoms with van der Waals surface area (Å²) in [4.78, 5) is 0. The Hall–Kier alpha value is 0.796. The molecule has 0 N–H and O–H groups in total. The van der Waals surface area contributed by atoms with Gasteiger partial charge in [-0.2, -0.15) is 0 Å². The molecular formula is C3H6ClMg. The molecule has 0 fully saturated rings. The molecule has 5 heavy (non-hydrogen) atoms. The standard InChI is InChI=1S/C3H4Cl.Mg.2H/c1-2-3-4;;;/h1-2H,3H2;;;. The first kappa shape index (κ1) is 9.25. The molecule has 0 spiro atoms. The van der Waals surface area contributed by atoms with E-state index in [1.165, 1.54) is 6.08 Å². The lowest BCUT2D eigenvalue weighted by atomic mass is 10.8. The third kappa shape index (κ3) is 11.6. The Kier molecular flexibility index (Phi) is 16.4. The highest BCUT2D eigenvalue weighted by molar-refractivity contribution is 6.18. The molecule has 0 saturated carbocycles. The van der Waals surface area contributed by atoms with Gasteiger partial charge in [-0.1, -0.05) is 12.7 Å². The second kappa shape index (κ2) is 8.84. The van der Waals surface area contributed by atoms with Crippen molar-refractivity contribution in [2.24, 2.45) is 0 Å². The van der Waals surface area contributed by atoms with Crippen LogP contribution in [0.4, 0.5) is 0 Å². The average Bonchev–Trinajstić information content (AvgIpc) is 1.37. The van der Waals surface area contributed by atoms with Gasteiger partial charge in [0.1, 0.15) is 0 Å². The summed E-state index contributed by atoms with van der Waals surface area (Å²) in [7, 11) is 0. The van der Waals surface area contributed by atoms with Crippen LogP contribution in [-0.4, -0.2) is 28.9 Å². The molecule has 0 saturated heterocycles. The fourth-order valence-electron chi connectivity index (χ4n) is 0. The van der Waals surface area contributed by atoms with Gasteiger partial charge in [-0.25, -0.2) is 0 Å². The highest BCUT2D eigenvalue weighted by atomic mass is 35.5. The summed E-state index contributed by atoms with van der Waals surface area (Å²) < 4.78 is 0. The zero-order valence-electron chi connectivity index (χ0n) is 2.24. The van der Waals surface area contributed by atoms with Gasteiger partial charge in [0.15, 0.2) is 0 Å². The van der Waals surface area contributed by atoms with E-state index in [0.29, 0.717) is 5.88 Å². The van der Waals surface area contributed by atoms with Crippen molar-refractivity contribution in [2.75, 3.05) is 5.88 Å². The van der Waals surface area contributed by atoms with Crippen molar-refractivity contribution in [3.63, 3.8) is 0 Å². The maximum absolute atomic E-state index is 5.01. The maximum Gasteiger partial charge on any atom is 0.316 e. The van der Waals surface area contributed by atoms with Crippen LogP contribution in [0, 0.1) is 6.58 Å². The van der Waals surface area contributed by atoms with Crippen LogP contribution in [0.2, 0.25) is 0 Å². The number of hydrogen-bond donors (Lipinski definition) is 0. The van der Waals surface area contributed by atoms with E-state index in [-0.39, 0.29) is 23.1 Å². The molecule has 0 rings (SSSR count). The predicted molar refractivity (Wildman–Crippen MR) is 28.1 cm³/mol. The van der Waals surface area contributed by atoms with Crippen LogP contribution in [0.1, 0.15) is 0 Å². The minimum Gasteiger partial charge on any atom is -0.122 e. The molecule has 0 amide bonds. The quantitative estimate of drug-likeness (QED) is 0.329. The molecule has 1 radical (unpaired) electrons. The van der Waals surface area contributed by atoms with E-state index in [0.717, 1.165) is 0 Å². The van der Waals surface area contributed by atoms with Crippen LogP contribution < -0.4 is 0 Å². The zero-order valence-corrected chi connectivity index (χ0v) is 3.00. The molecule has 0 aliphatic carbocycles. The van der Waals surface area contributed by atoms with Gasteiger partial charge in [-0.15, -0.1) is 11.6 Å². The van der Waals surface area contributed by atoms with Crippen LogP contribution in [0.5, 0.6) is 0 Å². The first-order valence-corrected chi connectivity index (χ1v) is 1.54. The topological polar surface area (TPSA) is 0 Å². The summed E-state index contributed by atoms with van der Waals surface area (Å²) in [6.07, 6.45) is 1.39. The summed E-state index contributed by atoms with van der Waals surface area (Å²) in [6, 6.07) is 0. The maximum atomic E-state index is 5.01. The summed E-state index contributed by atoms with van der Waals surface area (Å²) >= 11 is 5.01. The van der Waals surface area contributed by atoms with Crippen molar-refractivity contribution in [3.05, 3.63) is 12.7 Å². The fourth-order valence-corrected chi connectivity index (χ4v) is 0. The molecule has 27 valence electrons. The van der Waals surface area contributed by atoms with E-state index in [2.05, 4.69) is 0 Å². The SMILES string of the molecule is [CH]=CCCl.[MgH2]. The van der Waals surface area contributed by atoms with Crippen LogP contribution in [0.25, 0.3) is 0 Å². The van der Waals surface area contributed by atoms with E-state index in [4.69, 9.17) is 18.2 Å². The Morgan fingerprint density at radius 3 is 2.00 bits per heavy atom. The van der Waals surface area contributed by atoms with Gasteiger partial charge < -0.3 is 0 Å². The Labute approximate surface area is 53.4 Å². The fraction of sp³-hybridized carbons (Fsp3) is 0.333. The highest BCUT2D eigenvalue weighted by Crippen LogP contribution is 1.66. The van der Waals surface area contributed by atoms with Gasteiger partial charge in [-0.05, 0) is 0 Å².